The standard InChI is InChI=1S/C11H18N2O2S/c1-8-5-9(7-13-6-8)10(12)11(2,3)16(4,14)15/h5-7,10H,12H2,1-4H3. The Kier molecular flexibility index (Phi) is 3.40. The van der Waals surface area contributed by atoms with E-state index < -0.39 is 20.6 Å². The molecule has 1 rings (SSSR count). The summed E-state index contributed by atoms with van der Waals surface area (Å²) in [4.78, 5) is 4.03. The number of hydrogen-bond donors (Lipinski definition) is 1. The van der Waals surface area contributed by atoms with Crippen LogP contribution in [-0.4, -0.2) is 24.4 Å². The molecule has 0 fully saturated rings. The molecule has 1 unspecified atom stereocenters. The summed E-state index contributed by atoms with van der Waals surface area (Å²) in [6.07, 6.45) is 4.53. The third-order valence-electron chi connectivity index (χ3n) is 2.96. The molecule has 0 spiro atoms. The van der Waals surface area contributed by atoms with E-state index in [9.17, 15) is 8.42 Å². The van der Waals surface area contributed by atoms with Crippen LogP contribution in [0.5, 0.6) is 0 Å². The Labute approximate surface area is 96.8 Å². The summed E-state index contributed by atoms with van der Waals surface area (Å²) in [5, 5.41) is 0. The molecular weight excluding hydrogens is 224 g/mol. The van der Waals surface area contributed by atoms with Gasteiger partial charge in [-0.05, 0) is 31.9 Å². The van der Waals surface area contributed by atoms with Crippen LogP contribution in [0.1, 0.15) is 31.0 Å². The van der Waals surface area contributed by atoms with Gasteiger partial charge in [0.2, 0.25) is 0 Å². The molecule has 90 valence electrons. The van der Waals surface area contributed by atoms with Gasteiger partial charge in [-0.15, -0.1) is 0 Å². The van der Waals surface area contributed by atoms with Crippen molar-refractivity contribution in [3.63, 3.8) is 0 Å². The van der Waals surface area contributed by atoms with Crippen LogP contribution in [0, 0.1) is 6.92 Å². The lowest BCUT2D eigenvalue weighted by Gasteiger charge is -2.29. The molecule has 1 aromatic rings. The van der Waals surface area contributed by atoms with Gasteiger partial charge in [0.05, 0.1) is 10.8 Å². The van der Waals surface area contributed by atoms with Crippen molar-refractivity contribution >= 4 is 9.84 Å². The molecule has 0 bridgehead atoms. The summed E-state index contributed by atoms with van der Waals surface area (Å²) < 4.78 is 22.3. The fraction of sp³-hybridized carbons (Fsp3) is 0.545. The second-order valence-electron chi connectivity index (χ2n) is 4.65. The van der Waals surface area contributed by atoms with E-state index in [4.69, 9.17) is 5.73 Å². The van der Waals surface area contributed by atoms with Crippen molar-refractivity contribution in [1.82, 2.24) is 4.98 Å². The van der Waals surface area contributed by atoms with Crippen molar-refractivity contribution in [2.75, 3.05) is 6.26 Å². The molecule has 5 heteroatoms. The molecular formula is C11H18N2O2S. The van der Waals surface area contributed by atoms with Crippen LogP contribution in [0.2, 0.25) is 0 Å². The first-order chi connectivity index (χ1) is 7.16. The number of pyridine rings is 1. The highest BCUT2D eigenvalue weighted by Gasteiger charge is 2.37. The monoisotopic (exact) mass is 242 g/mol. The minimum atomic E-state index is -3.22. The number of aromatic nitrogens is 1. The molecule has 0 saturated heterocycles. The lowest BCUT2D eigenvalue weighted by Crippen LogP contribution is -2.42. The average Bonchev–Trinajstić information content (AvgIpc) is 2.14. The lowest BCUT2D eigenvalue weighted by atomic mass is 9.97. The first kappa shape index (κ1) is 13.1. The normalized spacial score (nSPS) is 14.8. The van der Waals surface area contributed by atoms with Gasteiger partial charge in [0.15, 0.2) is 9.84 Å². The van der Waals surface area contributed by atoms with E-state index in [1.807, 2.05) is 13.0 Å². The van der Waals surface area contributed by atoms with Crippen LogP contribution < -0.4 is 5.73 Å². The van der Waals surface area contributed by atoms with E-state index in [0.717, 1.165) is 11.1 Å². The highest BCUT2D eigenvalue weighted by atomic mass is 32.2. The van der Waals surface area contributed by atoms with Crippen molar-refractivity contribution in [2.45, 2.75) is 31.6 Å². The second kappa shape index (κ2) is 4.14. The Morgan fingerprint density at radius 3 is 2.38 bits per heavy atom. The van der Waals surface area contributed by atoms with E-state index in [-0.39, 0.29) is 0 Å². The SMILES string of the molecule is Cc1cncc(C(N)C(C)(C)S(C)(=O)=O)c1. The van der Waals surface area contributed by atoms with Gasteiger partial charge >= 0.3 is 0 Å². The topological polar surface area (TPSA) is 73.0 Å². The van der Waals surface area contributed by atoms with Crippen molar-refractivity contribution in [2.24, 2.45) is 5.73 Å². The van der Waals surface area contributed by atoms with Gasteiger partial charge in [-0.1, -0.05) is 6.07 Å². The molecule has 1 aromatic heterocycles. The number of nitrogens with zero attached hydrogens (tertiary/aromatic N) is 1. The fourth-order valence-electron chi connectivity index (χ4n) is 1.38. The quantitative estimate of drug-likeness (QED) is 0.864. The molecule has 0 aliphatic rings. The molecule has 0 amide bonds. The van der Waals surface area contributed by atoms with E-state index >= 15 is 0 Å². The maximum absolute atomic E-state index is 11.7. The average molecular weight is 242 g/mol. The Bertz CT molecular complexity index is 481. The number of nitrogens with two attached hydrogens (primary N) is 1. The van der Waals surface area contributed by atoms with E-state index in [2.05, 4.69) is 4.98 Å². The third-order valence-corrected chi connectivity index (χ3v) is 5.13. The Hall–Kier alpha value is -0.940. The number of sulfone groups is 1. The second-order valence-corrected chi connectivity index (χ2v) is 7.25. The predicted octanol–water partition coefficient (Wildman–Crippen LogP) is 1.21. The van der Waals surface area contributed by atoms with Crippen molar-refractivity contribution in [1.29, 1.82) is 0 Å². The molecule has 0 aromatic carbocycles. The van der Waals surface area contributed by atoms with Crippen molar-refractivity contribution in [3.8, 4) is 0 Å². The van der Waals surface area contributed by atoms with E-state index in [1.165, 1.54) is 6.26 Å². The van der Waals surface area contributed by atoms with Gasteiger partial charge in [-0.2, -0.15) is 0 Å². The zero-order valence-corrected chi connectivity index (χ0v) is 10.9. The zero-order chi connectivity index (χ0) is 12.6. The lowest BCUT2D eigenvalue weighted by molar-refractivity contribution is 0.495. The first-order valence-electron chi connectivity index (χ1n) is 5.03. The zero-order valence-electron chi connectivity index (χ0n) is 10.1. The Morgan fingerprint density at radius 2 is 1.94 bits per heavy atom. The first-order valence-corrected chi connectivity index (χ1v) is 6.92. The van der Waals surface area contributed by atoms with E-state index in [0.29, 0.717) is 0 Å². The summed E-state index contributed by atoms with van der Waals surface area (Å²) >= 11 is 0. The summed E-state index contributed by atoms with van der Waals surface area (Å²) in [6, 6.07) is 1.29. The molecule has 0 aliphatic heterocycles. The summed E-state index contributed by atoms with van der Waals surface area (Å²) in [7, 11) is -3.22. The van der Waals surface area contributed by atoms with Crippen molar-refractivity contribution < 1.29 is 8.42 Å². The summed E-state index contributed by atoms with van der Waals surface area (Å²) in [5.41, 5.74) is 7.72. The van der Waals surface area contributed by atoms with Crippen LogP contribution in [-0.2, 0) is 9.84 Å². The smallest absolute Gasteiger partial charge is 0.154 e. The van der Waals surface area contributed by atoms with E-state index in [1.54, 1.807) is 26.2 Å². The molecule has 2 N–H and O–H groups in total. The Morgan fingerprint density at radius 1 is 1.38 bits per heavy atom. The van der Waals surface area contributed by atoms with Gasteiger partial charge in [-0.3, -0.25) is 4.98 Å². The molecule has 0 aliphatic carbocycles. The van der Waals surface area contributed by atoms with Crippen LogP contribution >= 0.6 is 0 Å². The number of hydrogen-bond acceptors (Lipinski definition) is 4. The van der Waals surface area contributed by atoms with Gasteiger partial charge in [0.25, 0.3) is 0 Å². The minimum Gasteiger partial charge on any atom is -0.323 e. The maximum atomic E-state index is 11.7. The van der Waals surface area contributed by atoms with Gasteiger partial charge in [0.1, 0.15) is 0 Å². The van der Waals surface area contributed by atoms with Crippen LogP contribution in [0.25, 0.3) is 0 Å². The number of rotatable bonds is 3. The van der Waals surface area contributed by atoms with Crippen LogP contribution in [0.15, 0.2) is 18.5 Å². The molecule has 0 saturated carbocycles. The van der Waals surface area contributed by atoms with Crippen LogP contribution in [0.4, 0.5) is 0 Å². The summed E-state index contributed by atoms with van der Waals surface area (Å²) in [6.45, 7) is 5.17. The molecule has 16 heavy (non-hydrogen) atoms. The Balaban J connectivity index is 3.17. The predicted molar refractivity (Wildman–Crippen MR) is 64.8 cm³/mol. The number of aryl methyl sites for hydroxylation is 1. The third kappa shape index (κ3) is 2.41. The highest BCUT2D eigenvalue weighted by molar-refractivity contribution is 7.92. The van der Waals surface area contributed by atoms with Crippen molar-refractivity contribution in [3.05, 3.63) is 29.6 Å². The van der Waals surface area contributed by atoms with Gasteiger partial charge in [-0.25, -0.2) is 8.42 Å². The van der Waals surface area contributed by atoms with Crippen LogP contribution in [0.3, 0.4) is 0 Å². The summed E-state index contributed by atoms with van der Waals surface area (Å²) in [5.74, 6) is 0. The fourth-order valence-corrected chi connectivity index (χ4v) is 1.98. The molecule has 1 heterocycles. The largest absolute Gasteiger partial charge is 0.323 e. The van der Waals surface area contributed by atoms with Gasteiger partial charge < -0.3 is 5.73 Å². The molecule has 4 nitrogen and oxygen atoms in total. The minimum absolute atomic E-state index is 0.574. The molecule has 0 radical (unpaired) electrons. The maximum Gasteiger partial charge on any atom is 0.154 e. The van der Waals surface area contributed by atoms with Gasteiger partial charge in [0, 0.05) is 18.6 Å². The highest BCUT2D eigenvalue weighted by Crippen LogP contribution is 2.29. The molecule has 1 atom stereocenters.